The van der Waals surface area contributed by atoms with Crippen molar-refractivity contribution in [2.24, 2.45) is 5.92 Å². The van der Waals surface area contributed by atoms with E-state index in [0.29, 0.717) is 28.9 Å². The van der Waals surface area contributed by atoms with E-state index in [1.807, 2.05) is 36.4 Å². The van der Waals surface area contributed by atoms with Crippen LogP contribution in [0.2, 0.25) is 5.02 Å². The number of hydrogen-bond acceptors (Lipinski definition) is 6. The summed E-state index contributed by atoms with van der Waals surface area (Å²) in [6.07, 6.45) is 5.11. The summed E-state index contributed by atoms with van der Waals surface area (Å²) in [7, 11) is 3.14. The van der Waals surface area contributed by atoms with Crippen molar-refractivity contribution >= 4 is 38.9 Å². The Morgan fingerprint density at radius 1 is 1.14 bits per heavy atom. The van der Waals surface area contributed by atoms with E-state index < -0.39 is 0 Å². The van der Waals surface area contributed by atoms with Gasteiger partial charge < -0.3 is 19.5 Å². The quantitative estimate of drug-likeness (QED) is 0.180. The summed E-state index contributed by atoms with van der Waals surface area (Å²) in [4.78, 5) is 11.1. The number of benzene rings is 3. The first-order valence-corrected chi connectivity index (χ1v) is 12.6. The van der Waals surface area contributed by atoms with E-state index >= 15 is 0 Å². The predicted octanol–water partition coefficient (Wildman–Crippen LogP) is 7.43. The van der Waals surface area contributed by atoms with Crippen molar-refractivity contribution in [3.8, 4) is 17.2 Å². The van der Waals surface area contributed by atoms with Crippen LogP contribution in [0.15, 0.2) is 65.2 Å². The number of rotatable bonds is 7. The molecule has 0 radical (unpaired) electrons. The zero-order valence-electron chi connectivity index (χ0n) is 19.7. The zero-order valence-corrected chi connectivity index (χ0v) is 22.0. The Balaban J connectivity index is 1.50. The number of ether oxygens (including phenoxy) is 3. The van der Waals surface area contributed by atoms with Gasteiger partial charge in [0.05, 0.1) is 41.4 Å². The summed E-state index contributed by atoms with van der Waals surface area (Å²) in [5.41, 5.74) is 3.56. The summed E-state index contributed by atoms with van der Waals surface area (Å²) in [5, 5.41) is 15.8. The molecule has 2 aliphatic rings. The molecular formula is C27H24BrClN2O5. The molecule has 186 valence electrons. The van der Waals surface area contributed by atoms with Gasteiger partial charge in [-0.25, -0.2) is 0 Å². The molecule has 1 aliphatic carbocycles. The summed E-state index contributed by atoms with van der Waals surface area (Å²) in [6.45, 7) is 0.299. The molecule has 1 N–H and O–H groups in total. The Hall–Kier alpha value is -3.23. The van der Waals surface area contributed by atoms with Crippen LogP contribution in [-0.4, -0.2) is 19.1 Å². The van der Waals surface area contributed by atoms with E-state index in [1.165, 1.54) is 13.2 Å². The molecule has 0 aromatic heterocycles. The van der Waals surface area contributed by atoms with Gasteiger partial charge in [0.2, 0.25) is 0 Å². The number of nitrogens with one attached hydrogen (secondary N) is 1. The third kappa shape index (κ3) is 4.40. The van der Waals surface area contributed by atoms with Crippen molar-refractivity contribution in [3.05, 3.63) is 97.0 Å². The number of fused-ring (bicyclic) bond motifs is 3. The molecule has 3 aromatic rings. The summed E-state index contributed by atoms with van der Waals surface area (Å²) >= 11 is 9.96. The van der Waals surface area contributed by atoms with Crippen LogP contribution in [0.5, 0.6) is 17.2 Å². The van der Waals surface area contributed by atoms with Crippen molar-refractivity contribution in [3.63, 3.8) is 0 Å². The van der Waals surface area contributed by atoms with Crippen LogP contribution in [0.25, 0.3) is 0 Å². The van der Waals surface area contributed by atoms with Crippen LogP contribution in [0.4, 0.5) is 11.4 Å². The van der Waals surface area contributed by atoms with Crippen molar-refractivity contribution < 1.29 is 19.1 Å². The molecule has 1 heterocycles. The molecule has 5 rings (SSSR count). The number of non-ortho nitro benzene ring substituents is 1. The zero-order chi connectivity index (χ0) is 25.4. The second-order valence-corrected chi connectivity index (χ2v) is 10.0. The molecule has 0 spiro atoms. The maximum absolute atomic E-state index is 11.5. The first-order chi connectivity index (χ1) is 17.4. The van der Waals surface area contributed by atoms with Gasteiger partial charge in [-0.2, -0.15) is 0 Å². The number of hydrogen-bond donors (Lipinski definition) is 1. The largest absolute Gasteiger partial charge is 0.494 e. The van der Waals surface area contributed by atoms with E-state index in [0.717, 1.165) is 33.3 Å². The standard InChI is InChI=1S/C27H24BrClN2O5/c1-34-23-13-17(31(32)33)12-20-18-7-5-8-19(18)25(30-26(20)23)16-10-21(28)27(24(11-16)35-2)36-14-15-6-3-4-9-22(15)29/h3-7,9-13,18-19,25,30H,8,14H2,1-2H3/t18-,19-,25+/m0/s1. The van der Waals surface area contributed by atoms with Gasteiger partial charge in [-0.3, -0.25) is 10.1 Å². The van der Waals surface area contributed by atoms with Crippen LogP contribution in [-0.2, 0) is 6.61 Å². The van der Waals surface area contributed by atoms with E-state index in [1.54, 1.807) is 13.2 Å². The number of methoxy groups -OCH3 is 2. The fraction of sp³-hybridized carbons (Fsp3) is 0.259. The third-order valence-corrected chi connectivity index (χ3v) is 7.75. The molecule has 36 heavy (non-hydrogen) atoms. The number of nitro benzene ring substituents is 1. The van der Waals surface area contributed by atoms with Crippen molar-refractivity contribution in [1.29, 1.82) is 0 Å². The molecule has 7 nitrogen and oxygen atoms in total. The normalized spacial score (nSPS) is 19.7. The molecule has 1 aliphatic heterocycles. The number of allylic oxidation sites excluding steroid dienone is 2. The minimum atomic E-state index is -0.383. The predicted molar refractivity (Wildman–Crippen MR) is 142 cm³/mol. The van der Waals surface area contributed by atoms with Crippen LogP contribution in [0.1, 0.15) is 35.1 Å². The van der Waals surface area contributed by atoms with Crippen LogP contribution in [0, 0.1) is 16.0 Å². The molecule has 0 amide bonds. The lowest BCUT2D eigenvalue weighted by Crippen LogP contribution is -2.29. The minimum Gasteiger partial charge on any atom is -0.494 e. The fourth-order valence-corrected chi connectivity index (χ4v) is 5.84. The lowest BCUT2D eigenvalue weighted by Gasteiger charge is -2.38. The Labute approximate surface area is 222 Å². The summed E-state index contributed by atoms with van der Waals surface area (Å²) < 4.78 is 18.1. The Kier molecular flexibility index (Phi) is 6.81. The van der Waals surface area contributed by atoms with Gasteiger partial charge in [-0.1, -0.05) is 42.0 Å². The molecule has 9 heteroatoms. The topological polar surface area (TPSA) is 82.9 Å². The third-order valence-electron chi connectivity index (χ3n) is 6.79. The van der Waals surface area contributed by atoms with E-state index in [4.69, 9.17) is 25.8 Å². The first-order valence-electron chi connectivity index (χ1n) is 11.4. The maximum atomic E-state index is 11.5. The molecule has 3 atom stereocenters. The van der Waals surface area contributed by atoms with Crippen LogP contribution >= 0.6 is 27.5 Å². The fourth-order valence-electron chi connectivity index (χ4n) is 5.07. The smallest absolute Gasteiger partial charge is 0.273 e. The maximum Gasteiger partial charge on any atom is 0.273 e. The highest BCUT2D eigenvalue weighted by Gasteiger charge is 2.40. The van der Waals surface area contributed by atoms with E-state index in [-0.39, 0.29) is 28.5 Å². The summed E-state index contributed by atoms with van der Waals surface area (Å²) in [6, 6.07) is 14.6. The van der Waals surface area contributed by atoms with Crippen LogP contribution < -0.4 is 19.5 Å². The average Bonchev–Trinajstić information content (AvgIpc) is 3.37. The van der Waals surface area contributed by atoms with Crippen molar-refractivity contribution in [1.82, 2.24) is 0 Å². The molecule has 0 unspecified atom stereocenters. The Morgan fingerprint density at radius 3 is 2.64 bits per heavy atom. The van der Waals surface area contributed by atoms with E-state index in [9.17, 15) is 10.1 Å². The Morgan fingerprint density at radius 2 is 1.92 bits per heavy atom. The molecule has 3 aromatic carbocycles. The van der Waals surface area contributed by atoms with Gasteiger partial charge in [-0.05, 0) is 57.6 Å². The number of nitrogens with zero attached hydrogens (tertiary/aromatic N) is 1. The van der Waals surface area contributed by atoms with Gasteiger partial charge in [0.15, 0.2) is 11.5 Å². The highest BCUT2D eigenvalue weighted by molar-refractivity contribution is 9.10. The highest BCUT2D eigenvalue weighted by atomic mass is 79.9. The van der Waals surface area contributed by atoms with Gasteiger partial charge in [0.1, 0.15) is 12.4 Å². The molecule has 0 fully saturated rings. The van der Waals surface area contributed by atoms with Gasteiger partial charge >= 0.3 is 0 Å². The molecule has 0 saturated carbocycles. The lowest BCUT2D eigenvalue weighted by atomic mass is 9.76. The number of nitro groups is 1. The average molecular weight is 572 g/mol. The first kappa shape index (κ1) is 24.5. The minimum absolute atomic E-state index is 0.0225. The lowest BCUT2D eigenvalue weighted by molar-refractivity contribution is -0.385. The Bertz CT molecular complexity index is 1360. The molecular weight excluding hydrogens is 548 g/mol. The van der Waals surface area contributed by atoms with Gasteiger partial charge in [0, 0.05) is 22.6 Å². The second-order valence-electron chi connectivity index (χ2n) is 8.76. The summed E-state index contributed by atoms with van der Waals surface area (Å²) in [5.74, 6) is 1.84. The van der Waals surface area contributed by atoms with Gasteiger partial charge in [0.25, 0.3) is 5.69 Å². The second kappa shape index (κ2) is 10.0. The number of halogens is 2. The van der Waals surface area contributed by atoms with Gasteiger partial charge in [-0.15, -0.1) is 0 Å². The van der Waals surface area contributed by atoms with Crippen molar-refractivity contribution in [2.45, 2.75) is 25.0 Å². The highest BCUT2D eigenvalue weighted by Crippen LogP contribution is 2.54. The monoisotopic (exact) mass is 570 g/mol. The number of anilines is 1. The van der Waals surface area contributed by atoms with E-state index in [2.05, 4.69) is 33.4 Å². The molecule has 0 saturated heterocycles. The SMILES string of the molecule is COc1cc([N+](=O)[O-])cc2c1N[C@H](c1cc(Br)c(OCc3ccccc3Cl)c(OC)c1)[C@H]1CC=C[C@H]21. The van der Waals surface area contributed by atoms with Crippen molar-refractivity contribution in [2.75, 3.05) is 19.5 Å². The van der Waals surface area contributed by atoms with Crippen LogP contribution in [0.3, 0.4) is 0 Å². The molecule has 0 bridgehead atoms.